The molecule has 2 aliphatic heterocycles. The van der Waals surface area contributed by atoms with Gasteiger partial charge in [-0.15, -0.1) is 11.8 Å². The Morgan fingerprint density at radius 3 is 2.26 bits per heavy atom. The standard InChI is InChI=1S/C28H37FN4S/c1-19(2)32-15-11-23(12-16-32)33-13-9-20(10-14-33)22-17-25(29)27-26(18-22)31(3)28(30-27)21-5-7-24(34-4)8-6-21/h5-8,17-20,23H,9-16H2,1-4H3. The number of hydrogen-bond donors (Lipinski definition) is 0. The molecule has 2 saturated heterocycles. The molecule has 0 N–H and O–H groups in total. The van der Waals surface area contributed by atoms with E-state index in [1.165, 1.54) is 30.8 Å². The summed E-state index contributed by atoms with van der Waals surface area (Å²) in [5.74, 6) is 1.05. The molecule has 2 aliphatic rings. The minimum absolute atomic E-state index is 0.196. The fourth-order valence-corrected chi connectivity index (χ4v) is 6.27. The molecule has 0 atom stereocenters. The zero-order chi connectivity index (χ0) is 23.8. The van der Waals surface area contributed by atoms with Gasteiger partial charge in [-0.25, -0.2) is 9.37 Å². The van der Waals surface area contributed by atoms with Crippen molar-refractivity contribution in [2.75, 3.05) is 32.4 Å². The molecule has 0 saturated carbocycles. The highest BCUT2D eigenvalue weighted by Crippen LogP contribution is 2.35. The first-order valence-electron chi connectivity index (χ1n) is 12.7. The second-order valence-electron chi connectivity index (χ2n) is 10.3. The van der Waals surface area contributed by atoms with Crippen molar-refractivity contribution in [1.82, 2.24) is 19.4 Å². The molecule has 6 heteroatoms. The summed E-state index contributed by atoms with van der Waals surface area (Å²) < 4.78 is 17.3. The Balaban J connectivity index is 1.30. The number of piperidine rings is 2. The number of aromatic nitrogens is 2. The van der Waals surface area contributed by atoms with Crippen molar-refractivity contribution in [3.05, 3.63) is 47.8 Å². The Hall–Kier alpha value is -1.89. The third-order valence-corrected chi connectivity index (χ3v) is 8.80. The van der Waals surface area contributed by atoms with E-state index in [2.05, 4.69) is 65.2 Å². The summed E-state index contributed by atoms with van der Waals surface area (Å²) in [6.45, 7) is 9.27. The molecule has 34 heavy (non-hydrogen) atoms. The number of benzene rings is 2. The average Bonchev–Trinajstić information content (AvgIpc) is 3.21. The van der Waals surface area contributed by atoms with Gasteiger partial charge in [0.1, 0.15) is 11.3 Å². The van der Waals surface area contributed by atoms with Gasteiger partial charge in [0.25, 0.3) is 0 Å². The summed E-state index contributed by atoms with van der Waals surface area (Å²) in [6, 6.07) is 13.7. The lowest BCUT2D eigenvalue weighted by atomic mass is 9.87. The Kier molecular flexibility index (Phi) is 7.01. The first kappa shape index (κ1) is 23.8. The third kappa shape index (κ3) is 4.65. The monoisotopic (exact) mass is 480 g/mol. The van der Waals surface area contributed by atoms with E-state index in [-0.39, 0.29) is 5.82 Å². The van der Waals surface area contributed by atoms with Gasteiger partial charge in [-0.1, -0.05) is 12.1 Å². The second-order valence-corrected chi connectivity index (χ2v) is 11.1. The van der Waals surface area contributed by atoms with E-state index in [1.54, 1.807) is 17.8 Å². The molecule has 0 radical (unpaired) electrons. The number of nitrogens with zero attached hydrogens (tertiary/aromatic N) is 4. The summed E-state index contributed by atoms with van der Waals surface area (Å²) in [5.41, 5.74) is 3.52. The third-order valence-electron chi connectivity index (χ3n) is 8.06. The Morgan fingerprint density at radius 1 is 0.971 bits per heavy atom. The maximum atomic E-state index is 15.2. The molecule has 0 unspecified atom stereocenters. The van der Waals surface area contributed by atoms with Crippen molar-refractivity contribution in [3.8, 4) is 11.4 Å². The van der Waals surface area contributed by atoms with Crippen LogP contribution in [0.15, 0.2) is 41.3 Å². The van der Waals surface area contributed by atoms with Crippen LogP contribution in [0.4, 0.5) is 4.39 Å². The van der Waals surface area contributed by atoms with Gasteiger partial charge in [-0.2, -0.15) is 0 Å². The first-order valence-corrected chi connectivity index (χ1v) is 14.0. The maximum absolute atomic E-state index is 15.2. The molecule has 3 heterocycles. The number of fused-ring (bicyclic) bond motifs is 1. The van der Waals surface area contributed by atoms with Gasteiger partial charge in [0.05, 0.1) is 5.52 Å². The van der Waals surface area contributed by atoms with Crippen LogP contribution in [-0.4, -0.2) is 63.9 Å². The lowest BCUT2D eigenvalue weighted by molar-refractivity contribution is 0.0753. The SMILES string of the molecule is CSc1ccc(-c2nc3c(F)cc(C4CCN(C5CCN(C(C)C)CC5)CC4)cc3n2C)cc1. The van der Waals surface area contributed by atoms with Crippen LogP contribution in [0.25, 0.3) is 22.4 Å². The van der Waals surface area contributed by atoms with Crippen LogP contribution in [0.1, 0.15) is 51.0 Å². The molecular formula is C28H37FN4S. The molecule has 182 valence electrons. The smallest absolute Gasteiger partial charge is 0.151 e. The summed E-state index contributed by atoms with van der Waals surface area (Å²) in [4.78, 5) is 11.2. The van der Waals surface area contributed by atoms with Gasteiger partial charge in [0, 0.05) is 29.6 Å². The van der Waals surface area contributed by atoms with Crippen LogP contribution in [0.2, 0.25) is 0 Å². The Bertz CT molecular complexity index is 1120. The van der Waals surface area contributed by atoms with Crippen LogP contribution in [0.5, 0.6) is 0 Å². The zero-order valence-corrected chi connectivity index (χ0v) is 21.7. The fourth-order valence-electron chi connectivity index (χ4n) is 5.87. The van der Waals surface area contributed by atoms with Crippen LogP contribution < -0.4 is 0 Å². The highest BCUT2D eigenvalue weighted by Gasteiger charge is 2.30. The van der Waals surface area contributed by atoms with Gasteiger partial charge < -0.3 is 14.4 Å². The highest BCUT2D eigenvalue weighted by molar-refractivity contribution is 7.98. The molecule has 0 amide bonds. The van der Waals surface area contributed by atoms with Crippen LogP contribution in [0.3, 0.4) is 0 Å². The number of imidazole rings is 1. The number of thioether (sulfide) groups is 1. The molecular weight excluding hydrogens is 443 g/mol. The quantitative estimate of drug-likeness (QED) is 0.409. The van der Waals surface area contributed by atoms with Gasteiger partial charge in [-0.3, -0.25) is 0 Å². The Morgan fingerprint density at radius 2 is 1.65 bits per heavy atom. The summed E-state index contributed by atoms with van der Waals surface area (Å²) in [6.07, 6.45) is 6.84. The molecule has 4 nitrogen and oxygen atoms in total. The predicted molar refractivity (Wildman–Crippen MR) is 141 cm³/mol. The molecule has 0 spiro atoms. The number of rotatable bonds is 5. The molecule has 2 fully saturated rings. The van der Waals surface area contributed by atoms with E-state index >= 15 is 4.39 Å². The lowest BCUT2D eigenvalue weighted by Gasteiger charge is -2.42. The highest BCUT2D eigenvalue weighted by atomic mass is 32.2. The lowest BCUT2D eigenvalue weighted by Crippen LogP contribution is -2.48. The molecule has 1 aromatic heterocycles. The van der Waals surface area contributed by atoms with E-state index in [4.69, 9.17) is 0 Å². The number of likely N-dealkylation sites (tertiary alicyclic amines) is 2. The Labute approximate surface area is 207 Å². The number of aryl methyl sites for hydroxylation is 1. The summed E-state index contributed by atoms with van der Waals surface area (Å²) >= 11 is 1.72. The topological polar surface area (TPSA) is 24.3 Å². The zero-order valence-electron chi connectivity index (χ0n) is 20.9. The summed E-state index contributed by atoms with van der Waals surface area (Å²) in [7, 11) is 2.00. The van der Waals surface area contributed by atoms with Gasteiger partial charge in [0.2, 0.25) is 0 Å². The maximum Gasteiger partial charge on any atom is 0.151 e. The van der Waals surface area contributed by atoms with Crippen LogP contribution in [0, 0.1) is 5.82 Å². The molecule has 0 bridgehead atoms. The van der Waals surface area contributed by atoms with E-state index in [9.17, 15) is 0 Å². The van der Waals surface area contributed by atoms with Crippen molar-refractivity contribution in [3.63, 3.8) is 0 Å². The van der Waals surface area contributed by atoms with Crippen molar-refractivity contribution in [2.45, 2.75) is 62.4 Å². The largest absolute Gasteiger partial charge is 0.327 e. The van der Waals surface area contributed by atoms with E-state index in [0.29, 0.717) is 23.5 Å². The second kappa shape index (κ2) is 10.00. The van der Waals surface area contributed by atoms with Gasteiger partial charge in [-0.05, 0) is 108 Å². The molecule has 3 aromatic rings. The minimum Gasteiger partial charge on any atom is -0.327 e. The van der Waals surface area contributed by atoms with E-state index in [1.807, 2.05) is 11.6 Å². The molecule has 0 aliphatic carbocycles. The first-order chi connectivity index (χ1) is 16.4. The number of halogens is 1. The van der Waals surface area contributed by atoms with Crippen molar-refractivity contribution in [1.29, 1.82) is 0 Å². The van der Waals surface area contributed by atoms with Crippen LogP contribution >= 0.6 is 11.8 Å². The summed E-state index contributed by atoms with van der Waals surface area (Å²) in [5, 5.41) is 0. The average molecular weight is 481 g/mol. The van der Waals surface area contributed by atoms with Gasteiger partial charge >= 0.3 is 0 Å². The number of hydrogen-bond acceptors (Lipinski definition) is 4. The van der Waals surface area contributed by atoms with Crippen molar-refractivity contribution >= 4 is 22.8 Å². The van der Waals surface area contributed by atoms with Crippen molar-refractivity contribution in [2.24, 2.45) is 7.05 Å². The van der Waals surface area contributed by atoms with E-state index in [0.717, 1.165) is 48.4 Å². The minimum atomic E-state index is -0.196. The molecule has 2 aromatic carbocycles. The molecule has 5 rings (SSSR count). The van der Waals surface area contributed by atoms with E-state index < -0.39 is 0 Å². The predicted octanol–water partition coefficient (Wildman–Crippen LogP) is 6.15. The fraction of sp³-hybridized carbons (Fsp3) is 0.536. The normalized spacial score (nSPS) is 19.5. The van der Waals surface area contributed by atoms with Gasteiger partial charge in [0.15, 0.2) is 5.82 Å². The van der Waals surface area contributed by atoms with Crippen molar-refractivity contribution < 1.29 is 4.39 Å². The van der Waals surface area contributed by atoms with Crippen LogP contribution in [-0.2, 0) is 7.05 Å².